The summed E-state index contributed by atoms with van der Waals surface area (Å²) in [6.07, 6.45) is 1.21. The van der Waals surface area contributed by atoms with Gasteiger partial charge in [-0.05, 0) is 13.8 Å². The molecule has 0 aliphatic heterocycles. The molecule has 0 N–H and O–H groups in total. The maximum atomic E-state index is 11.0. The molecule has 0 atom stereocenters. The fraction of sp³-hybridized carbons (Fsp3) is 0.286. The van der Waals surface area contributed by atoms with E-state index in [-0.39, 0.29) is 0 Å². The van der Waals surface area contributed by atoms with Crippen LogP contribution >= 0.6 is 11.3 Å². The number of carbonyl (C=O) groups excluding carboxylic acids is 2. The predicted molar refractivity (Wildman–Crippen MR) is 44.0 cm³/mol. The van der Waals surface area contributed by atoms with Crippen LogP contribution in [0.3, 0.4) is 0 Å². The molecule has 1 amide bonds. The van der Waals surface area contributed by atoms with Crippen molar-refractivity contribution in [3.63, 3.8) is 0 Å². The van der Waals surface area contributed by atoms with Crippen LogP contribution in [0.5, 0.6) is 0 Å². The van der Waals surface area contributed by atoms with Crippen LogP contribution in [-0.2, 0) is 4.79 Å². The normalized spacial score (nSPS) is 9.17. The quantitative estimate of drug-likeness (QED) is 0.485. The van der Waals surface area contributed by atoms with E-state index in [1.807, 2.05) is 0 Å². The smallest absolute Gasteiger partial charge is 0.265 e. The Hall–Kier alpha value is -1.32. The van der Waals surface area contributed by atoms with E-state index in [1.165, 1.54) is 17.4 Å². The molecule has 0 bridgehead atoms. The first kappa shape index (κ1) is 8.77. The summed E-state index contributed by atoms with van der Waals surface area (Å²) < 4.78 is 0. The number of thiazole rings is 1. The Morgan fingerprint density at radius 1 is 1.58 bits per heavy atom. The van der Waals surface area contributed by atoms with Crippen LogP contribution < -0.4 is 0 Å². The minimum Gasteiger partial charge on any atom is -0.265 e. The number of carbonyl (C=O) groups is 1. The highest BCUT2D eigenvalue weighted by Gasteiger charge is 2.12. The molecule has 0 spiro atoms. The Labute approximate surface area is 73.0 Å². The Bertz CT molecular complexity index is 363. The maximum absolute atomic E-state index is 11.0. The van der Waals surface area contributed by atoms with E-state index in [1.54, 1.807) is 13.8 Å². The lowest BCUT2D eigenvalue weighted by atomic mass is 10.4. The molecular formula is C7H6N2O2S. The largest absolute Gasteiger partial charge is 0.299 e. The minimum atomic E-state index is -0.562. The van der Waals surface area contributed by atoms with Crippen molar-refractivity contribution in [2.45, 2.75) is 13.8 Å². The molecule has 0 aliphatic rings. The predicted octanol–water partition coefficient (Wildman–Crippen LogP) is 1.24. The molecule has 0 radical (unpaired) electrons. The fourth-order valence-electron chi connectivity index (χ4n) is 0.822. The molecule has 0 aromatic carbocycles. The van der Waals surface area contributed by atoms with Gasteiger partial charge in [0.15, 0.2) is 0 Å². The summed E-state index contributed by atoms with van der Waals surface area (Å²) in [4.78, 5) is 28.2. The first-order valence-electron chi connectivity index (χ1n) is 3.21. The summed E-state index contributed by atoms with van der Waals surface area (Å²) in [5, 5.41) is 0.789. The molecule has 12 heavy (non-hydrogen) atoms. The van der Waals surface area contributed by atoms with Crippen LogP contribution in [0, 0.1) is 13.8 Å². The third-order valence-corrected chi connectivity index (χ3v) is 2.31. The molecule has 62 valence electrons. The zero-order valence-electron chi connectivity index (χ0n) is 6.62. The van der Waals surface area contributed by atoms with Crippen molar-refractivity contribution < 1.29 is 9.59 Å². The molecule has 0 saturated carbocycles. The van der Waals surface area contributed by atoms with Crippen molar-refractivity contribution in [3.05, 3.63) is 15.6 Å². The van der Waals surface area contributed by atoms with Gasteiger partial charge in [-0.15, -0.1) is 16.3 Å². The van der Waals surface area contributed by atoms with E-state index in [2.05, 4.69) is 9.98 Å². The highest BCUT2D eigenvalue weighted by atomic mass is 32.1. The molecule has 0 aliphatic carbocycles. The van der Waals surface area contributed by atoms with Crippen molar-refractivity contribution in [3.8, 4) is 0 Å². The maximum Gasteiger partial charge on any atom is 0.299 e. The van der Waals surface area contributed by atoms with Crippen LogP contribution in [0.25, 0.3) is 0 Å². The second-order valence-corrected chi connectivity index (χ2v) is 3.36. The number of hydrogen-bond donors (Lipinski definition) is 0. The Morgan fingerprint density at radius 3 is 2.67 bits per heavy atom. The first-order valence-corrected chi connectivity index (χ1v) is 4.03. The van der Waals surface area contributed by atoms with Crippen molar-refractivity contribution in [2.24, 2.45) is 4.99 Å². The second kappa shape index (κ2) is 3.38. The summed E-state index contributed by atoms with van der Waals surface area (Å²) in [5.41, 5.74) is 0.612. The van der Waals surface area contributed by atoms with Gasteiger partial charge in [0.25, 0.3) is 5.91 Å². The van der Waals surface area contributed by atoms with Gasteiger partial charge in [-0.1, -0.05) is 0 Å². The number of isocyanates is 1. The number of nitrogens with zero attached hydrogens (tertiary/aromatic N) is 2. The number of aromatic nitrogens is 1. The average molecular weight is 182 g/mol. The molecule has 1 heterocycles. The van der Waals surface area contributed by atoms with Gasteiger partial charge in [0.05, 0.1) is 10.7 Å². The van der Waals surface area contributed by atoms with E-state index in [0.717, 1.165) is 5.01 Å². The number of aryl methyl sites for hydroxylation is 2. The second-order valence-electron chi connectivity index (χ2n) is 2.16. The minimum absolute atomic E-state index is 0.413. The van der Waals surface area contributed by atoms with E-state index in [0.29, 0.717) is 10.6 Å². The zero-order valence-corrected chi connectivity index (χ0v) is 7.44. The topological polar surface area (TPSA) is 59.4 Å². The summed E-state index contributed by atoms with van der Waals surface area (Å²) in [5.74, 6) is -0.562. The molecule has 1 aromatic heterocycles. The number of rotatable bonds is 1. The third kappa shape index (κ3) is 1.64. The average Bonchev–Trinajstić information content (AvgIpc) is 2.30. The highest BCUT2D eigenvalue weighted by Crippen LogP contribution is 2.17. The fourth-order valence-corrected chi connectivity index (χ4v) is 1.63. The molecule has 5 heteroatoms. The molecule has 4 nitrogen and oxygen atoms in total. The summed E-state index contributed by atoms with van der Waals surface area (Å²) >= 11 is 1.23. The van der Waals surface area contributed by atoms with Gasteiger partial charge in [0.2, 0.25) is 6.08 Å². The molecule has 0 fully saturated rings. The van der Waals surface area contributed by atoms with E-state index in [9.17, 15) is 9.59 Å². The molecule has 0 saturated heterocycles. The molecule has 0 unspecified atom stereocenters. The van der Waals surface area contributed by atoms with Gasteiger partial charge < -0.3 is 0 Å². The molecular weight excluding hydrogens is 176 g/mol. The molecule has 1 aromatic rings. The number of hydrogen-bond acceptors (Lipinski definition) is 4. The Kier molecular flexibility index (Phi) is 2.47. The van der Waals surface area contributed by atoms with Crippen LogP contribution in [0.2, 0.25) is 0 Å². The number of aliphatic imine (C=N–C) groups is 1. The van der Waals surface area contributed by atoms with Gasteiger partial charge in [-0.3, -0.25) is 4.79 Å². The number of amides is 1. The van der Waals surface area contributed by atoms with Crippen LogP contribution in [0.4, 0.5) is 0 Å². The van der Waals surface area contributed by atoms with Crippen molar-refractivity contribution in [1.29, 1.82) is 0 Å². The summed E-state index contributed by atoms with van der Waals surface area (Å²) in [7, 11) is 0. The van der Waals surface area contributed by atoms with E-state index in [4.69, 9.17) is 0 Å². The standard InChI is InChI=1S/C7H6N2O2S/c1-4-6(7(11)8-3-10)12-5(2)9-4/h1-2H3. The summed E-state index contributed by atoms with van der Waals surface area (Å²) in [6, 6.07) is 0. The van der Waals surface area contributed by atoms with Crippen LogP contribution in [0.1, 0.15) is 20.4 Å². The van der Waals surface area contributed by atoms with Crippen molar-refractivity contribution >= 4 is 23.3 Å². The SMILES string of the molecule is Cc1nc(C)c(C(=O)N=C=O)s1. The monoisotopic (exact) mass is 182 g/mol. The molecule has 1 rings (SSSR count). The van der Waals surface area contributed by atoms with Crippen molar-refractivity contribution in [1.82, 2.24) is 4.98 Å². The van der Waals surface area contributed by atoms with E-state index < -0.39 is 5.91 Å². The lowest BCUT2D eigenvalue weighted by molar-refractivity contribution is 0.101. The lowest BCUT2D eigenvalue weighted by Gasteiger charge is -1.85. The van der Waals surface area contributed by atoms with Gasteiger partial charge in [-0.2, -0.15) is 0 Å². The highest BCUT2D eigenvalue weighted by molar-refractivity contribution is 7.13. The van der Waals surface area contributed by atoms with Gasteiger partial charge in [0.1, 0.15) is 4.88 Å². The zero-order chi connectivity index (χ0) is 9.14. The van der Waals surface area contributed by atoms with Crippen molar-refractivity contribution in [2.75, 3.05) is 0 Å². The summed E-state index contributed by atoms with van der Waals surface area (Å²) in [6.45, 7) is 3.50. The van der Waals surface area contributed by atoms with Crippen LogP contribution in [-0.4, -0.2) is 17.0 Å². The van der Waals surface area contributed by atoms with Gasteiger partial charge in [0, 0.05) is 0 Å². The Balaban J connectivity index is 3.10. The Morgan fingerprint density at radius 2 is 2.25 bits per heavy atom. The van der Waals surface area contributed by atoms with E-state index >= 15 is 0 Å². The lowest BCUT2D eigenvalue weighted by Crippen LogP contribution is -1.92. The van der Waals surface area contributed by atoms with Gasteiger partial charge in [-0.25, -0.2) is 9.78 Å². The van der Waals surface area contributed by atoms with Crippen LogP contribution in [0.15, 0.2) is 4.99 Å². The first-order chi connectivity index (χ1) is 5.65. The van der Waals surface area contributed by atoms with Gasteiger partial charge >= 0.3 is 0 Å². The third-order valence-electron chi connectivity index (χ3n) is 1.24.